The number of carbonyl (C=O) groups is 1. The van der Waals surface area contributed by atoms with Gasteiger partial charge in [0, 0.05) is 6.04 Å². The van der Waals surface area contributed by atoms with Crippen molar-refractivity contribution in [3.8, 4) is 0 Å². The van der Waals surface area contributed by atoms with E-state index in [1.165, 1.54) is 18.2 Å². The fraction of sp³-hybridized carbons (Fsp3) is 0.462. The third-order valence-electron chi connectivity index (χ3n) is 3.45. The molecule has 19 heavy (non-hydrogen) atoms. The first-order valence-electron chi connectivity index (χ1n) is 6.16. The van der Waals surface area contributed by atoms with Gasteiger partial charge in [0.2, 0.25) is 10.0 Å². The molecule has 6 heteroatoms. The number of nitrogens with one attached hydrogen (secondary N) is 1. The van der Waals surface area contributed by atoms with Gasteiger partial charge in [-0.15, -0.1) is 0 Å². The van der Waals surface area contributed by atoms with Crippen LogP contribution in [-0.4, -0.2) is 25.5 Å². The highest BCUT2D eigenvalue weighted by Crippen LogP contribution is 2.28. The van der Waals surface area contributed by atoms with Crippen molar-refractivity contribution in [2.45, 2.75) is 37.6 Å². The van der Waals surface area contributed by atoms with Gasteiger partial charge >= 0.3 is 5.97 Å². The summed E-state index contributed by atoms with van der Waals surface area (Å²) in [5.74, 6) is -0.577. The number of carboxylic acids is 1. The van der Waals surface area contributed by atoms with Gasteiger partial charge in [-0.05, 0) is 43.4 Å². The number of rotatable bonds is 4. The number of aryl methyl sites for hydroxylation is 1. The van der Waals surface area contributed by atoms with Crippen LogP contribution >= 0.6 is 0 Å². The van der Waals surface area contributed by atoms with Crippen molar-refractivity contribution < 1.29 is 18.3 Å². The fourth-order valence-corrected chi connectivity index (χ4v) is 3.57. The minimum Gasteiger partial charge on any atom is -0.478 e. The predicted molar refractivity (Wildman–Crippen MR) is 70.6 cm³/mol. The van der Waals surface area contributed by atoms with Crippen molar-refractivity contribution in [2.24, 2.45) is 5.92 Å². The molecular weight excluding hydrogens is 266 g/mol. The molecule has 2 rings (SSSR count). The van der Waals surface area contributed by atoms with Crippen LogP contribution in [0.3, 0.4) is 0 Å². The second-order valence-electron chi connectivity index (χ2n) is 5.18. The van der Waals surface area contributed by atoms with Gasteiger partial charge in [-0.2, -0.15) is 0 Å². The number of aromatic carboxylic acids is 1. The summed E-state index contributed by atoms with van der Waals surface area (Å²) in [7, 11) is -3.63. The lowest BCUT2D eigenvalue weighted by molar-refractivity contribution is 0.0696. The number of hydrogen-bond donors (Lipinski definition) is 2. The fourth-order valence-electron chi connectivity index (χ4n) is 2.28. The Morgan fingerprint density at radius 3 is 2.53 bits per heavy atom. The quantitative estimate of drug-likeness (QED) is 0.882. The van der Waals surface area contributed by atoms with E-state index >= 15 is 0 Å². The molecule has 0 bridgehead atoms. The largest absolute Gasteiger partial charge is 0.478 e. The molecule has 1 aromatic rings. The summed E-state index contributed by atoms with van der Waals surface area (Å²) in [5, 5.41) is 9.01. The standard InChI is InChI=1S/C13H17NO4S/c1-8-5-10(6-8)14-19(17,18)11-4-3-9(2)12(7-11)13(15)16/h3-4,7-8,10,14H,5-6H2,1-2H3,(H,15,16). The molecule has 0 spiro atoms. The zero-order valence-corrected chi connectivity index (χ0v) is 11.7. The highest BCUT2D eigenvalue weighted by atomic mass is 32.2. The monoisotopic (exact) mass is 283 g/mol. The molecule has 1 saturated carbocycles. The van der Waals surface area contributed by atoms with E-state index in [0.717, 1.165) is 12.8 Å². The van der Waals surface area contributed by atoms with Crippen LogP contribution in [0, 0.1) is 12.8 Å². The van der Waals surface area contributed by atoms with Crippen LogP contribution in [0.4, 0.5) is 0 Å². The van der Waals surface area contributed by atoms with Crippen LogP contribution in [-0.2, 0) is 10.0 Å². The maximum atomic E-state index is 12.1. The van der Waals surface area contributed by atoms with Gasteiger partial charge in [-0.1, -0.05) is 13.0 Å². The lowest BCUT2D eigenvalue weighted by atomic mass is 9.83. The molecular formula is C13H17NO4S. The zero-order chi connectivity index (χ0) is 14.2. The smallest absolute Gasteiger partial charge is 0.335 e. The van der Waals surface area contributed by atoms with Crippen LogP contribution < -0.4 is 4.72 Å². The first-order valence-corrected chi connectivity index (χ1v) is 7.64. The topological polar surface area (TPSA) is 83.5 Å². The second-order valence-corrected chi connectivity index (χ2v) is 6.89. The highest BCUT2D eigenvalue weighted by Gasteiger charge is 2.30. The van der Waals surface area contributed by atoms with Crippen molar-refractivity contribution in [1.29, 1.82) is 0 Å². The Bertz CT molecular complexity index is 603. The summed E-state index contributed by atoms with van der Waals surface area (Å²) < 4.78 is 26.9. The van der Waals surface area contributed by atoms with Gasteiger partial charge < -0.3 is 5.11 Å². The summed E-state index contributed by atoms with van der Waals surface area (Å²) in [6.07, 6.45) is 1.66. The molecule has 2 N–H and O–H groups in total. The molecule has 0 saturated heterocycles. The number of hydrogen-bond acceptors (Lipinski definition) is 3. The van der Waals surface area contributed by atoms with Crippen LogP contribution in [0.1, 0.15) is 35.7 Å². The predicted octanol–water partition coefficient (Wildman–Crippen LogP) is 1.77. The molecule has 0 aromatic heterocycles. The lowest BCUT2D eigenvalue weighted by Crippen LogP contribution is -2.43. The lowest BCUT2D eigenvalue weighted by Gasteiger charge is -2.32. The molecule has 0 unspecified atom stereocenters. The Morgan fingerprint density at radius 1 is 1.37 bits per heavy atom. The summed E-state index contributed by atoms with van der Waals surface area (Å²) in [6.45, 7) is 3.71. The highest BCUT2D eigenvalue weighted by molar-refractivity contribution is 7.89. The third-order valence-corrected chi connectivity index (χ3v) is 4.96. The van der Waals surface area contributed by atoms with Crippen molar-refractivity contribution >= 4 is 16.0 Å². The average molecular weight is 283 g/mol. The van der Waals surface area contributed by atoms with E-state index in [9.17, 15) is 13.2 Å². The Morgan fingerprint density at radius 2 is 2.00 bits per heavy atom. The molecule has 0 radical (unpaired) electrons. The van der Waals surface area contributed by atoms with Crippen LogP contribution in [0.2, 0.25) is 0 Å². The van der Waals surface area contributed by atoms with E-state index in [2.05, 4.69) is 11.6 Å². The van der Waals surface area contributed by atoms with Crippen molar-refractivity contribution in [3.63, 3.8) is 0 Å². The van der Waals surface area contributed by atoms with E-state index in [1.807, 2.05) is 0 Å². The molecule has 0 heterocycles. The maximum absolute atomic E-state index is 12.1. The first-order chi connectivity index (χ1) is 8.79. The van der Waals surface area contributed by atoms with Crippen molar-refractivity contribution in [2.75, 3.05) is 0 Å². The molecule has 1 fully saturated rings. The molecule has 1 aliphatic carbocycles. The van der Waals surface area contributed by atoms with Crippen LogP contribution in [0.5, 0.6) is 0 Å². The SMILES string of the molecule is Cc1ccc(S(=O)(=O)NC2CC(C)C2)cc1C(=O)O. The van der Waals surface area contributed by atoms with Crippen molar-refractivity contribution in [3.05, 3.63) is 29.3 Å². The van der Waals surface area contributed by atoms with E-state index < -0.39 is 16.0 Å². The molecule has 104 valence electrons. The number of carboxylic acid groups (broad SMARTS) is 1. The van der Waals surface area contributed by atoms with Gasteiger partial charge in [0.15, 0.2) is 0 Å². The molecule has 1 aliphatic rings. The summed E-state index contributed by atoms with van der Waals surface area (Å²) in [6, 6.07) is 4.13. The minimum absolute atomic E-state index is 0.00931. The summed E-state index contributed by atoms with van der Waals surface area (Å²) >= 11 is 0. The van der Waals surface area contributed by atoms with Gasteiger partial charge in [0.05, 0.1) is 10.5 Å². The molecule has 5 nitrogen and oxygen atoms in total. The zero-order valence-electron chi connectivity index (χ0n) is 10.9. The first kappa shape index (κ1) is 14.0. The number of sulfonamides is 1. The maximum Gasteiger partial charge on any atom is 0.335 e. The molecule has 0 amide bonds. The van der Waals surface area contributed by atoms with E-state index in [-0.39, 0.29) is 16.5 Å². The Balaban J connectivity index is 2.25. The Kier molecular flexibility index (Phi) is 3.64. The summed E-state index contributed by atoms with van der Waals surface area (Å²) in [5.41, 5.74) is 0.563. The average Bonchev–Trinajstić information content (AvgIpc) is 2.26. The minimum atomic E-state index is -3.63. The van der Waals surface area contributed by atoms with E-state index in [4.69, 9.17) is 5.11 Å². The van der Waals surface area contributed by atoms with Crippen LogP contribution in [0.15, 0.2) is 23.1 Å². The molecule has 0 atom stereocenters. The van der Waals surface area contributed by atoms with Gasteiger partial charge in [-0.3, -0.25) is 0 Å². The normalized spacial score (nSPS) is 22.8. The van der Waals surface area contributed by atoms with Gasteiger partial charge in [0.1, 0.15) is 0 Å². The van der Waals surface area contributed by atoms with E-state index in [1.54, 1.807) is 6.92 Å². The Labute approximate surface area is 112 Å². The molecule has 0 aliphatic heterocycles. The third kappa shape index (κ3) is 2.96. The summed E-state index contributed by atoms with van der Waals surface area (Å²) in [4.78, 5) is 11.0. The van der Waals surface area contributed by atoms with Crippen LogP contribution in [0.25, 0.3) is 0 Å². The van der Waals surface area contributed by atoms with Gasteiger partial charge in [0.25, 0.3) is 0 Å². The van der Waals surface area contributed by atoms with Crippen molar-refractivity contribution in [1.82, 2.24) is 4.72 Å². The molecule has 1 aromatic carbocycles. The number of benzene rings is 1. The Hall–Kier alpha value is -1.40. The second kappa shape index (κ2) is 4.94. The van der Waals surface area contributed by atoms with E-state index in [0.29, 0.717) is 11.5 Å². The van der Waals surface area contributed by atoms with Gasteiger partial charge in [-0.25, -0.2) is 17.9 Å².